The summed E-state index contributed by atoms with van der Waals surface area (Å²) in [5, 5.41) is 5.40. The minimum atomic E-state index is -0.539. The Balaban J connectivity index is 0.00000312. The zero-order valence-corrected chi connectivity index (χ0v) is 28.7. The van der Waals surface area contributed by atoms with Crippen molar-refractivity contribution in [3.8, 4) is 0 Å². The number of urea groups is 1. The normalized spacial score (nSPS) is 21.0. The monoisotopic (exact) mass is 656 g/mol. The third kappa shape index (κ3) is 8.15. The van der Waals surface area contributed by atoms with Gasteiger partial charge in [0.25, 0.3) is 0 Å². The highest BCUT2D eigenvalue weighted by molar-refractivity contribution is 8.01. The van der Waals surface area contributed by atoms with Crippen LogP contribution in [-0.2, 0) is 16.0 Å². The van der Waals surface area contributed by atoms with Crippen molar-refractivity contribution >= 4 is 41.0 Å². The SMILES string of the molecule is CN(C)CCNc1c(F)cccc1C1S[C@@H](CC(=O)N2CCC(N3CCc4ccccc4NC3=O)CC2)C(=O)N1CCC(C)(C)C.[HH].[HH]. The van der Waals surface area contributed by atoms with Crippen LogP contribution in [0.3, 0.4) is 0 Å². The number of halogens is 1. The molecule has 9 nitrogen and oxygen atoms in total. The highest BCUT2D eigenvalue weighted by Crippen LogP contribution is 2.47. The Kier molecular flexibility index (Phi) is 10.8. The molecular weight excluding hydrogens is 603 g/mol. The van der Waals surface area contributed by atoms with E-state index in [4.69, 9.17) is 0 Å². The molecule has 3 heterocycles. The largest absolute Gasteiger partial charge is 0.381 e. The lowest BCUT2D eigenvalue weighted by molar-refractivity contribution is -0.137. The number of rotatable bonds is 10. The van der Waals surface area contributed by atoms with E-state index in [1.165, 1.54) is 17.8 Å². The molecule has 254 valence electrons. The van der Waals surface area contributed by atoms with Crippen LogP contribution in [0.4, 0.5) is 20.6 Å². The molecule has 2 fully saturated rings. The molecule has 4 amide bonds. The average Bonchev–Trinajstić information content (AvgIpc) is 3.20. The van der Waals surface area contributed by atoms with Gasteiger partial charge in [0.1, 0.15) is 11.2 Å². The van der Waals surface area contributed by atoms with Crippen molar-refractivity contribution < 1.29 is 21.6 Å². The number of likely N-dealkylation sites (N-methyl/N-ethyl adjacent to an activating group) is 1. The third-order valence-corrected chi connectivity index (χ3v) is 10.6. The Morgan fingerprint density at radius 1 is 1.09 bits per heavy atom. The first-order valence-electron chi connectivity index (χ1n) is 16.5. The lowest BCUT2D eigenvalue weighted by atomic mass is 9.92. The highest BCUT2D eigenvalue weighted by atomic mass is 32.2. The molecule has 0 bridgehead atoms. The van der Waals surface area contributed by atoms with E-state index in [1.54, 1.807) is 6.07 Å². The van der Waals surface area contributed by atoms with Crippen LogP contribution in [0.15, 0.2) is 42.5 Å². The van der Waals surface area contributed by atoms with Crippen molar-refractivity contribution in [2.75, 3.05) is 64.0 Å². The summed E-state index contributed by atoms with van der Waals surface area (Å²) in [5.74, 6) is -0.451. The molecule has 2 aromatic rings. The first-order chi connectivity index (χ1) is 21.9. The van der Waals surface area contributed by atoms with Crippen molar-refractivity contribution in [1.82, 2.24) is 19.6 Å². The molecule has 0 aliphatic carbocycles. The van der Waals surface area contributed by atoms with Gasteiger partial charge in [0.05, 0.1) is 10.9 Å². The fourth-order valence-electron chi connectivity index (χ4n) is 6.44. The van der Waals surface area contributed by atoms with Crippen molar-refractivity contribution in [2.45, 2.75) is 69.5 Å². The average molecular weight is 657 g/mol. The summed E-state index contributed by atoms with van der Waals surface area (Å²) in [6, 6.07) is 12.9. The van der Waals surface area contributed by atoms with Gasteiger partial charge in [0.2, 0.25) is 11.8 Å². The smallest absolute Gasteiger partial charge is 0.322 e. The summed E-state index contributed by atoms with van der Waals surface area (Å²) < 4.78 is 15.2. The number of thioether (sulfide) groups is 1. The number of para-hydroxylation sites is 2. The minimum absolute atomic E-state index is 0. The number of anilines is 2. The summed E-state index contributed by atoms with van der Waals surface area (Å²) >= 11 is 1.46. The number of hydrogen-bond donors (Lipinski definition) is 2. The number of hydrogen-bond acceptors (Lipinski definition) is 6. The maximum Gasteiger partial charge on any atom is 0.322 e. The van der Waals surface area contributed by atoms with E-state index in [9.17, 15) is 14.4 Å². The van der Waals surface area contributed by atoms with Crippen LogP contribution in [-0.4, -0.2) is 102 Å². The van der Waals surface area contributed by atoms with E-state index in [0.717, 1.165) is 36.2 Å². The second-order valence-corrected chi connectivity index (χ2v) is 15.4. The van der Waals surface area contributed by atoms with Gasteiger partial charge in [-0.05, 0) is 62.9 Å². The molecule has 2 atom stereocenters. The second kappa shape index (κ2) is 14.6. The van der Waals surface area contributed by atoms with Crippen LogP contribution in [0, 0.1) is 11.2 Å². The first kappa shape index (κ1) is 34.0. The quantitative estimate of drug-likeness (QED) is 0.320. The van der Waals surface area contributed by atoms with Crippen LogP contribution in [0.2, 0.25) is 0 Å². The lowest BCUT2D eigenvalue weighted by Crippen LogP contribution is -2.50. The van der Waals surface area contributed by atoms with E-state index in [0.29, 0.717) is 51.3 Å². The Morgan fingerprint density at radius 2 is 1.83 bits per heavy atom. The first-order valence-corrected chi connectivity index (χ1v) is 17.4. The van der Waals surface area contributed by atoms with E-state index in [2.05, 4.69) is 31.4 Å². The highest BCUT2D eigenvalue weighted by Gasteiger charge is 2.44. The predicted molar refractivity (Wildman–Crippen MR) is 188 cm³/mol. The number of nitrogens with zero attached hydrogens (tertiary/aromatic N) is 4. The molecule has 0 aromatic heterocycles. The van der Waals surface area contributed by atoms with Crippen LogP contribution in [0.5, 0.6) is 0 Å². The number of benzene rings is 2. The molecule has 46 heavy (non-hydrogen) atoms. The Morgan fingerprint density at radius 3 is 2.54 bits per heavy atom. The standard InChI is InChI=1S/C35H49FN6O3S.2H2/c1-35(2,3)16-21-42-32(44)29(46-33(42)26-10-8-11-27(36)31(26)37-17-22-39(4)5)23-30(43)40-18-14-25(15-19-40)41-20-13-24-9-6-7-12-28(24)38-34(41)45;;/h6-12,25,29,33,37H,13-23H2,1-5H3,(H,38,45);2*1H/t29-,33?;;/m0../s1. The van der Waals surface area contributed by atoms with E-state index >= 15 is 4.39 Å². The number of piperidine rings is 1. The van der Waals surface area contributed by atoms with E-state index in [1.807, 2.05) is 64.0 Å². The summed E-state index contributed by atoms with van der Waals surface area (Å²) in [7, 11) is 3.94. The van der Waals surface area contributed by atoms with Crippen molar-refractivity contribution in [3.63, 3.8) is 0 Å². The van der Waals surface area contributed by atoms with E-state index in [-0.39, 0.29) is 49.8 Å². The number of carbonyl (C=O) groups excluding carboxylic acids is 3. The van der Waals surface area contributed by atoms with Gasteiger partial charge in [0.15, 0.2) is 0 Å². The van der Waals surface area contributed by atoms with Gasteiger partial charge in [-0.3, -0.25) is 9.59 Å². The molecule has 2 saturated heterocycles. The number of amides is 4. The molecule has 1 unspecified atom stereocenters. The lowest BCUT2D eigenvalue weighted by Gasteiger charge is -2.38. The van der Waals surface area contributed by atoms with Gasteiger partial charge < -0.3 is 30.2 Å². The Labute approximate surface area is 280 Å². The van der Waals surface area contributed by atoms with E-state index < -0.39 is 5.25 Å². The molecule has 5 rings (SSSR count). The molecule has 0 saturated carbocycles. The number of carbonyl (C=O) groups is 3. The van der Waals surface area contributed by atoms with Crippen molar-refractivity contribution in [3.05, 3.63) is 59.4 Å². The summed E-state index contributed by atoms with van der Waals surface area (Å²) in [5.41, 5.74) is 3.17. The molecule has 2 aromatic carbocycles. The maximum atomic E-state index is 15.2. The third-order valence-electron chi connectivity index (χ3n) is 9.17. The molecule has 3 aliphatic rings. The van der Waals surface area contributed by atoms with Crippen LogP contribution in [0.1, 0.15) is 65.8 Å². The molecule has 0 radical (unpaired) electrons. The fourth-order valence-corrected chi connectivity index (χ4v) is 7.94. The summed E-state index contributed by atoms with van der Waals surface area (Å²) in [6.45, 7) is 10.0. The van der Waals surface area contributed by atoms with Crippen molar-refractivity contribution in [1.29, 1.82) is 0 Å². The Hall–Kier alpha value is -3.31. The summed E-state index contributed by atoms with van der Waals surface area (Å²) in [6.07, 6.45) is 3.09. The molecule has 0 spiro atoms. The predicted octanol–water partition coefficient (Wildman–Crippen LogP) is 6.14. The van der Waals surface area contributed by atoms with Gasteiger partial charge in [-0.2, -0.15) is 0 Å². The molecular formula is C35H53FN6O3S. The van der Waals surface area contributed by atoms with Gasteiger partial charge in [0, 0.05) is 65.8 Å². The van der Waals surface area contributed by atoms with Crippen molar-refractivity contribution in [2.24, 2.45) is 5.41 Å². The molecule has 2 N–H and O–H groups in total. The Bertz CT molecular complexity index is 1420. The summed E-state index contributed by atoms with van der Waals surface area (Å²) in [4.78, 5) is 48.2. The maximum absolute atomic E-state index is 15.2. The number of likely N-dealkylation sites (tertiary alicyclic amines) is 1. The zero-order valence-electron chi connectivity index (χ0n) is 27.9. The van der Waals surface area contributed by atoms with Gasteiger partial charge in [-0.1, -0.05) is 51.1 Å². The topological polar surface area (TPSA) is 88.2 Å². The van der Waals surface area contributed by atoms with Crippen LogP contribution < -0.4 is 10.6 Å². The number of nitrogens with one attached hydrogen (secondary N) is 2. The molecule has 11 heteroatoms. The molecule has 3 aliphatic heterocycles. The fraction of sp³-hybridized carbons (Fsp3) is 0.571. The zero-order chi connectivity index (χ0) is 33.0. The van der Waals surface area contributed by atoms with Crippen LogP contribution in [0.25, 0.3) is 0 Å². The minimum Gasteiger partial charge on any atom is -0.381 e. The van der Waals surface area contributed by atoms with Gasteiger partial charge >= 0.3 is 6.03 Å². The van der Waals surface area contributed by atoms with Gasteiger partial charge in [-0.25, -0.2) is 9.18 Å². The van der Waals surface area contributed by atoms with Gasteiger partial charge in [-0.15, -0.1) is 11.8 Å². The second-order valence-electron chi connectivity index (χ2n) is 14.1. The van der Waals surface area contributed by atoms with Crippen LogP contribution >= 0.6 is 11.8 Å². The number of fused-ring (bicyclic) bond motifs is 1.